The number of rotatable bonds is 3. The number of benzene rings is 1. The molecule has 2 aromatic rings. The molecule has 0 saturated carbocycles. The lowest BCUT2D eigenvalue weighted by Gasteiger charge is -2.04. The summed E-state index contributed by atoms with van der Waals surface area (Å²) in [5.41, 5.74) is 1.49. The highest BCUT2D eigenvalue weighted by Crippen LogP contribution is 2.32. The normalized spacial score (nSPS) is 10.5. The largest absolute Gasteiger partial charge is 0.494 e. The van der Waals surface area contributed by atoms with Gasteiger partial charge in [0.2, 0.25) is 0 Å². The van der Waals surface area contributed by atoms with Crippen LogP contribution in [0, 0.1) is 11.3 Å². The standard InChI is InChI=1S/C13H13ClN2O/c1-3-16-12-6-5-9(17-4-2)7-10(12)11(8-15)13(16)14/h5-7H,3-4H2,1-2H3. The molecule has 2 rings (SSSR count). The second kappa shape index (κ2) is 4.68. The maximum Gasteiger partial charge on any atom is 0.128 e. The van der Waals surface area contributed by atoms with Crippen molar-refractivity contribution in [2.45, 2.75) is 20.4 Å². The van der Waals surface area contributed by atoms with Crippen LogP contribution in [0.2, 0.25) is 5.15 Å². The molecule has 1 aromatic carbocycles. The van der Waals surface area contributed by atoms with Gasteiger partial charge in [-0.3, -0.25) is 0 Å². The lowest BCUT2D eigenvalue weighted by atomic mass is 10.2. The number of hydrogen-bond donors (Lipinski definition) is 0. The SMILES string of the molecule is CCOc1ccc2c(c1)c(C#N)c(Cl)n2CC. The number of hydrogen-bond acceptors (Lipinski definition) is 2. The summed E-state index contributed by atoms with van der Waals surface area (Å²) in [5, 5.41) is 10.5. The van der Waals surface area contributed by atoms with Crippen molar-refractivity contribution in [3.63, 3.8) is 0 Å². The van der Waals surface area contributed by atoms with E-state index in [1.54, 1.807) is 0 Å². The zero-order valence-electron chi connectivity index (χ0n) is 9.83. The quantitative estimate of drug-likeness (QED) is 0.833. The first-order valence-electron chi connectivity index (χ1n) is 5.57. The fraction of sp³-hybridized carbons (Fsp3) is 0.308. The average molecular weight is 249 g/mol. The second-order valence-electron chi connectivity index (χ2n) is 3.63. The molecule has 0 aliphatic heterocycles. The fourth-order valence-electron chi connectivity index (χ4n) is 1.97. The molecule has 0 bridgehead atoms. The topological polar surface area (TPSA) is 37.9 Å². The molecule has 0 aliphatic carbocycles. The Hall–Kier alpha value is -1.66. The summed E-state index contributed by atoms with van der Waals surface area (Å²) in [6, 6.07) is 7.86. The number of halogens is 1. The van der Waals surface area contributed by atoms with Crippen molar-refractivity contribution in [1.82, 2.24) is 4.57 Å². The minimum atomic E-state index is 0.499. The summed E-state index contributed by atoms with van der Waals surface area (Å²) in [7, 11) is 0. The highest BCUT2D eigenvalue weighted by molar-refractivity contribution is 6.32. The molecule has 1 aromatic heterocycles. The third-order valence-corrected chi connectivity index (χ3v) is 3.10. The molecule has 0 atom stereocenters. The van der Waals surface area contributed by atoms with E-state index in [2.05, 4.69) is 6.07 Å². The average Bonchev–Trinajstić information content (AvgIpc) is 2.60. The van der Waals surface area contributed by atoms with E-state index < -0.39 is 0 Å². The van der Waals surface area contributed by atoms with E-state index >= 15 is 0 Å². The Morgan fingerprint density at radius 1 is 1.41 bits per heavy atom. The summed E-state index contributed by atoms with van der Waals surface area (Å²) >= 11 is 6.18. The highest BCUT2D eigenvalue weighted by Gasteiger charge is 2.14. The van der Waals surface area contributed by atoms with Gasteiger partial charge in [0.15, 0.2) is 0 Å². The van der Waals surface area contributed by atoms with Crippen molar-refractivity contribution in [2.75, 3.05) is 6.61 Å². The van der Waals surface area contributed by atoms with Crippen LogP contribution in [-0.4, -0.2) is 11.2 Å². The van der Waals surface area contributed by atoms with Gasteiger partial charge >= 0.3 is 0 Å². The van der Waals surface area contributed by atoms with Crippen molar-refractivity contribution >= 4 is 22.5 Å². The van der Waals surface area contributed by atoms with E-state index in [0.29, 0.717) is 17.3 Å². The lowest BCUT2D eigenvalue weighted by Crippen LogP contribution is -1.94. The number of aryl methyl sites for hydroxylation is 1. The lowest BCUT2D eigenvalue weighted by molar-refractivity contribution is 0.340. The Morgan fingerprint density at radius 3 is 2.76 bits per heavy atom. The van der Waals surface area contributed by atoms with E-state index in [1.807, 2.05) is 36.6 Å². The minimum absolute atomic E-state index is 0.499. The van der Waals surface area contributed by atoms with Gasteiger partial charge in [-0.25, -0.2) is 0 Å². The van der Waals surface area contributed by atoms with E-state index in [9.17, 15) is 0 Å². The van der Waals surface area contributed by atoms with E-state index in [4.69, 9.17) is 21.6 Å². The maximum absolute atomic E-state index is 9.16. The third kappa shape index (κ3) is 1.85. The van der Waals surface area contributed by atoms with E-state index in [0.717, 1.165) is 23.2 Å². The summed E-state index contributed by atoms with van der Waals surface area (Å²) in [6.45, 7) is 5.28. The van der Waals surface area contributed by atoms with Gasteiger partial charge in [0.25, 0.3) is 0 Å². The third-order valence-electron chi connectivity index (χ3n) is 2.71. The molecule has 4 heteroatoms. The van der Waals surface area contributed by atoms with Crippen LogP contribution in [0.3, 0.4) is 0 Å². The Kier molecular flexibility index (Phi) is 3.26. The molecule has 0 aliphatic rings. The Balaban J connectivity index is 2.72. The van der Waals surface area contributed by atoms with Crippen LogP contribution < -0.4 is 4.74 Å². The molecular formula is C13H13ClN2O. The van der Waals surface area contributed by atoms with Gasteiger partial charge in [0, 0.05) is 11.9 Å². The minimum Gasteiger partial charge on any atom is -0.494 e. The Morgan fingerprint density at radius 2 is 2.18 bits per heavy atom. The summed E-state index contributed by atoms with van der Waals surface area (Å²) < 4.78 is 7.36. The van der Waals surface area contributed by atoms with Crippen molar-refractivity contribution in [1.29, 1.82) is 5.26 Å². The summed E-state index contributed by atoms with van der Waals surface area (Å²) in [5.74, 6) is 0.765. The van der Waals surface area contributed by atoms with Crippen LogP contribution in [0.4, 0.5) is 0 Å². The van der Waals surface area contributed by atoms with E-state index in [-0.39, 0.29) is 0 Å². The molecule has 0 fully saturated rings. The molecule has 0 amide bonds. The van der Waals surface area contributed by atoms with E-state index in [1.165, 1.54) is 0 Å². The van der Waals surface area contributed by atoms with Crippen molar-refractivity contribution in [2.24, 2.45) is 0 Å². The number of fused-ring (bicyclic) bond motifs is 1. The number of aromatic nitrogens is 1. The molecule has 17 heavy (non-hydrogen) atoms. The first kappa shape index (κ1) is 11.8. The van der Waals surface area contributed by atoms with Crippen LogP contribution >= 0.6 is 11.6 Å². The first-order valence-corrected chi connectivity index (χ1v) is 5.95. The molecule has 0 saturated heterocycles. The van der Waals surface area contributed by atoms with Crippen molar-refractivity contribution in [3.05, 3.63) is 28.9 Å². The molecule has 0 radical (unpaired) electrons. The van der Waals surface area contributed by atoms with Crippen LogP contribution in [-0.2, 0) is 6.54 Å². The zero-order valence-corrected chi connectivity index (χ0v) is 10.6. The Labute approximate surface area is 105 Å². The van der Waals surface area contributed by atoms with Gasteiger partial charge < -0.3 is 9.30 Å². The molecule has 0 N–H and O–H groups in total. The van der Waals surface area contributed by atoms with Gasteiger partial charge in [-0.05, 0) is 32.0 Å². The Bertz CT molecular complexity index is 595. The van der Waals surface area contributed by atoms with Crippen LogP contribution in [0.5, 0.6) is 5.75 Å². The van der Waals surface area contributed by atoms with Crippen molar-refractivity contribution < 1.29 is 4.74 Å². The first-order chi connectivity index (χ1) is 8.22. The molecular weight excluding hydrogens is 236 g/mol. The zero-order chi connectivity index (χ0) is 12.4. The predicted octanol–water partition coefficient (Wildman–Crippen LogP) is 3.58. The van der Waals surface area contributed by atoms with Gasteiger partial charge in [-0.2, -0.15) is 5.26 Å². The molecule has 0 spiro atoms. The van der Waals surface area contributed by atoms with Crippen LogP contribution in [0.15, 0.2) is 18.2 Å². The predicted molar refractivity (Wildman–Crippen MR) is 68.5 cm³/mol. The van der Waals surface area contributed by atoms with Gasteiger partial charge in [-0.1, -0.05) is 11.6 Å². The molecule has 3 nitrogen and oxygen atoms in total. The summed E-state index contributed by atoms with van der Waals surface area (Å²) in [6.07, 6.45) is 0. The second-order valence-corrected chi connectivity index (χ2v) is 3.99. The number of nitriles is 1. The van der Waals surface area contributed by atoms with Crippen LogP contribution in [0.1, 0.15) is 19.4 Å². The van der Waals surface area contributed by atoms with Gasteiger partial charge in [0.05, 0.1) is 17.7 Å². The smallest absolute Gasteiger partial charge is 0.128 e. The highest BCUT2D eigenvalue weighted by atomic mass is 35.5. The molecule has 1 heterocycles. The molecule has 88 valence electrons. The number of nitrogens with zero attached hydrogens (tertiary/aromatic N) is 2. The van der Waals surface area contributed by atoms with Gasteiger partial charge in [-0.15, -0.1) is 0 Å². The maximum atomic E-state index is 9.16. The van der Waals surface area contributed by atoms with Crippen molar-refractivity contribution in [3.8, 4) is 11.8 Å². The monoisotopic (exact) mass is 248 g/mol. The molecule has 0 unspecified atom stereocenters. The van der Waals surface area contributed by atoms with Crippen LogP contribution in [0.25, 0.3) is 10.9 Å². The summed E-state index contributed by atoms with van der Waals surface area (Å²) in [4.78, 5) is 0. The fourth-order valence-corrected chi connectivity index (χ4v) is 2.33. The number of ether oxygens (including phenoxy) is 1. The van der Waals surface area contributed by atoms with Gasteiger partial charge in [0.1, 0.15) is 17.0 Å².